The molecule has 2 aromatic rings. The highest BCUT2D eigenvalue weighted by atomic mass is 35.5. The van der Waals surface area contributed by atoms with Crippen molar-refractivity contribution in [1.82, 2.24) is 5.32 Å². The highest BCUT2D eigenvalue weighted by molar-refractivity contribution is 6.00. The van der Waals surface area contributed by atoms with Gasteiger partial charge < -0.3 is 21.1 Å². The number of hydrogen-bond acceptors (Lipinski definition) is 4. The molecule has 2 aromatic carbocycles. The monoisotopic (exact) mass is 411 g/mol. The molecule has 0 aromatic heterocycles. The molecular formula is C20H27Cl2N3O2. The van der Waals surface area contributed by atoms with Crippen molar-refractivity contribution in [3.63, 3.8) is 0 Å². The molecule has 1 fully saturated rings. The number of nitrogens with two attached hydrogens (primary N) is 1. The lowest BCUT2D eigenvalue weighted by Gasteiger charge is -2.27. The second kappa shape index (κ2) is 11.0. The molecule has 0 radical (unpaired) electrons. The third kappa shape index (κ3) is 6.31. The average Bonchev–Trinajstić information content (AvgIpc) is 2.64. The number of carbonyl (C=O) groups excluding carboxylic acids is 1. The summed E-state index contributed by atoms with van der Waals surface area (Å²) in [5.41, 5.74) is 8.24. The predicted molar refractivity (Wildman–Crippen MR) is 115 cm³/mol. The Bertz CT molecular complexity index is 735. The van der Waals surface area contributed by atoms with Crippen LogP contribution >= 0.6 is 24.8 Å². The van der Waals surface area contributed by atoms with Gasteiger partial charge in [0.05, 0.1) is 18.4 Å². The summed E-state index contributed by atoms with van der Waals surface area (Å²) in [6, 6.07) is 15.7. The highest BCUT2D eigenvalue weighted by Gasteiger charge is 2.21. The first-order valence-electron chi connectivity index (χ1n) is 8.72. The zero-order chi connectivity index (χ0) is 17.6. The molecule has 0 saturated heterocycles. The molecule has 1 aliphatic carbocycles. The van der Waals surface area contributed by atoms with Gasteiger partial charge in [0.25, 0.3) is 5.91 Å². The molecule has 0 aliphatic heterocycles. The van der Waals surface area contributed by atoms with E-state index in [0.29, 0.717) is 5.56 Å². The minimum absolute atomic E-state index is 0. The Hall–Kier alpha value is -1.95. The van der Waals surface area contributed by atoms with Gasteiger partial charge in [-0.2, -0.15) is 0 Å². The van der Waals surface area contributed by atoms with E-state index in [1.165, 1.54) is 0 Å². The number of benzene rings is 2. The van der Waals surface area contributed by atoms with Crippen LogP contribution in [-0.2, 0) is 0 Å². The van der Waals surface area contributed by atoms with Crippen LogP contribution in [0.1, 0.15) is 36.0 Å². The Labute approximate surface area is 172 Å². The fourth-order valence-electron chi connectivity index (χ4n) is 3.17. The summed E-state index contributed by atoms with van der Waals surface area (Å²) in [7, 11) is 1.64. The number of methoxy groups -OCH3 is 1. The van der Waals surface area contributed by atoms with Gasteiger partial charge >= 0.3 is 0 Å². The van der Waals surface area contributed by atoms with Crippen LogP contribution in [0, 0.1) is 0 Å². The zero-order valence-electron chi connectivity index (χ0n) is 15.3. The van der Waals surface area contributed by atoms with E-state index in [1.807, 2.05) is 48.5 Å². The minimum Gasteiger partial charge on any atom is -0.497 e. The number of para-hydroxylation sites is 1. The molecule has 1 saturated carbocycles. The Morgan fingerprint density at radius 3 is 2.44 bits per heavy atom. The number of nitrogens with one attached hydrogen (secondary N) is 2. The molecule has 7 heteroatoms. The van der Waals surface area contributed by atoms with Crippen LogP contribution in [-0.4, -0.2) is 25.1 Å². The van der Waals surface area contributed by atoms with E-state index in [9.17, 15) is 4.79 Å². The second-order valence-corrected chi connectivity index (χ2v) is 6.49. The molecule has 1 aliphatic rings. The lowest BCUT2D eigenvalue weighted by molar-refractivity contribution is 0.0926. The SMILES string of the molecule is COc1cccc(Nc2ccccc2C(=O)NC2CCC(N)CC2)c1.Cl.Cl. The smallest absolute Gasteiger partial charge is 0.253 e. The summed E-state index contributed by atoms with van der Waals surface area (Å²) in [4.78, 5) is 12.7. The lowest BCUT2D eigenvalue weighted by atomic mass is 9.91. The van der Waals surface area contributed by atoms with E-state index in [2.05, 4.69) is 10.6 Å². The fourth-order valence-corrected chi connectivity index (χ4v) is 3.17. The van der Waals surface area contributed by atoms with E-state index in [-0.39, 0.29) is 42.8 Å². The van der Waals surface area contributed by atoms with Gasteiger partial charge in [-0.05, 0) is 49.9 Å². The third-order valence-electron chi connectivity index (χ3n) is 4.63. The van der Waals surface area contributed by atoms with E-state index in [4.69, 9.17) is 10.5 Å². The van der Waals surface area contributed by atoms with Crippen molar-refractivity contribution >= 4 is 42.1 Å². The van der Waals surface area contributed by atoms with Crippen LogP contribution in [0.3, 0.4) is 0 Å². The van der Waals surface area contributed by atoms with Crippen LogP contribution in [0.25, 0.3) is 0 Å². The predicted octanol–water partition coefficient (Wildman–Crippen LogP) is 4.28. The number of anilines is 2. The first-order chi connectivity index (χ1) is 12.2. The topological polar surface area (TPSA) is 76.4 Å². The molecular weight excluding hydrogens is 385 g/mol. The van der Waals surface area contributed by atoms with Crippen LogP contribution in [0.2, 0.25) is 0 Å². The van der Waals surface area contributed by atoms with Crippen molar-refractivity contribution in [2.75, 3.05) is 12.4 Å². The van der Waals surface area contributed by atoms with Crippen LogP contribution in [0.5, 0.6) is 5.75 Å². The first kappa shape index (κ1) is 23.1. The first-order valence-corrected chi connectivity index (χ1v) is 8.72. The molecule has 4 N–H and O–H groups in total. The van der Waals surface area contributed by atoms with Crippen LogP contribution in [0.4, 0.5) is 11.4 Å². The Balaban J connectivity index is 0.00000182. The van der Waals surface area contributed by atoms with Crippen molar-refractivity contribution in [3.8, 4) is 5.75 Å². The molecule has 3 rings (SSSR count). The number of ether oxygens (including phenoxy) is 1. The summed E-state index contributed by atoms with van der Waals surface area (Å²) in [6.45, 7) is 0. The Kier molecular flexibility index (Phi) is 9.43. The summed E-state index contributed by atoms with van der Waals surface area (Å²) in [5, 5.41) is 6.46. The lowest BCUT2D eigenvalue weighted by Crippen LogP contribution is -2.40. The Morgan fingerprint density at radius 1 is 1.04 bits per heavy atom. The second-order valence-electron chi connectivity index (χ2n) is 6.49. The third-order valence-corrected chi connectivity index (χ3v) is 4.63. The number of rotatable bonds is 5. The van der Waals surface area contributed by atoms with Crippen LogP contribution < -0.4 is 21.1 Å². The summed E-state index contributed by atoms with van der Waals surface area (Å²) in [6.07, 6.45) is 3.82. The van der Waals surface area contributed by atoms with Crippen molar-refractivity contribution < 1.29 is 9.53 Å². The number of halogens is 2. The van der Waals surface area contributed by atoms with Gasteiger partial charge in [-0.15, -0.1) is 24.8 Å². The maximum Gasteiger partial charge on any atom is 0.253 e. The van der Waals surface area contributed by atoms with Crippen molar-refractivity contribution in [2.45, 2.75) is 37.8 Å². The van der Waals surface area contributed by atoms with E-state index < -0.39 is 0 Å². The maximum atomic E-state index is 12.7. The highest BCUT2D eigenvalue weighted by Crippen LogP contribution is 2.24. The van der Waals surface area contributed by atoms with E-state index >= 15 is 0 Å². The van der Waals surface area contributed by atoms with Crippen molar-refractivity contribution in [2.24, 2.45) is 5.73 Å². The van der Waals surface area contributed by atoms with Gasteiger partial charge in [-0.1, -0.05) is 18.2 Å². The van der Waals surface area contributed by atoms with Gasteiger partial charge in [0, 0.05) is 23.8 Å². The molecule has 27 heavy (non-hydrogen) atoms. The molecule has 5 nitrogen and oxygen atoms in total. The Morgan fingerprint density at radius 2 is 1.74 bits per heavy atom. The van der Waals surface area contributed by atoms with E-state index in [0.717, 1.165) is 42.8 Å². The summed E-state index contributed by atoms with van der Waals surface area (Å²) >= 11 is 0. The normalized spacial score (nSPS) is 18.4. The minimum atomic E-state index is -0.0496. The molecule has 0 heterocycles. The number of carbonyl (C=O) groups is 1. The van der Waals surface area contributed by atoms with Crippen LogP contribution in [0.15, 0.2) is 48.5 Å². The molecule has 0 spiro atoms. The molecule has 0 bridgehead atoms. The maximum absolute atomic E-state index is 12.7. The number of hydrogen-bond donors (Lipinski definition) is 3. The van der Waals surface area contributed by atoms with Crippen molar-refractivity contribution in [3.05, 3.63) is 54.1 Å². The molecule has 0 atom stereocenters. The standard InChI is InChI=1S/C20H25N3O2.2ClH/c1-25-17-6-4-5-16(13-17)22-19-8-3-2-7-18(19)20(24)23-15-11-9-14(21)10-12-15;;/h2-8,13-15,22H,9-12,21H2,1H3,(H,23,24);2*1H. The zero-order valence-corrected chi connectivity index (χ0v) is 16.9. The van der Waals surface area contributed by atoms with E-state index in [1.54, 1.807) is 7.11 Å². The molecule has 1 amide bonds. The van der Waals surface area contributed by atoms with Gasteiger partial charge in [0.15, 0.2) is 0 Å². The van der Waals surface area contributed by atoms with Gasteiger partial charge in [0.1, 0.15) is 5.75 Å². The number of amides is 1. The van der Waals surface area contributed by atoms with Gasteiger partial charge in [0.2, 0.25) is 0 Å². The molecule has 0 unspecified atom stereocenters. The summed E-state index contributed by atoms with van der Waals surface area (Å²) < 4.78 is 5.25. The van der Waals surface area contributed by atoms with Gasteiger partial charge in [-0.25, -0.2) is 0 Å². The summed E-state index contributed by atoms with van der Waals surface area (Å²) in [5.74, 6) is 0.719. The van der Waals surface area contributed by atoms with Gasteiger partial charge in [-0.3, -0.25) is 4.79 Å². The average molecular weight is 412 g/mol. The largest absolute Gasteiger partial charge is 0.497 e. The fraction of sp³-hybridized carbons (Fsp3) is 0.350. The molecule has 148 valence electrons. The van der Waals surface area contributed by atoms with Crippen molar-refractivity contribution in [1.29, 1.82) is 0 Å². The quantitative estimate of drug-likeness (QED) is 0.685.